The van der Waals surface area contributed by atoms with Gasteiger partial charge in [-0.25, -0.2) is 0 Å². The minimum absolute atomic E-state index is 0.908. The van der Waals surface area contributed by atoms with Crippen LogP contribution in [-0.2, 0) is 4.74 Å². The van der Waals surface area contributed by atoms with Crippen LogP contribution in [0.25, 0.3) is 0 Å². The predicted octanol–water partition coefficient (Wildman–Crippen LogP) is 4.33. The molecule has 0 N–H and O–H groups in total. The smallest absolute Gasteiger partial charge is 0.0594 e. The van der Waals surface area contributed by atoms with E-state index in [9.17, 15) is 0 Å². The van der Waals surface area contributed by atoms with Crippen LogP contribution in [0.3, 0.4) is 0 Å². The molecule has 33 heavy (non-hydrogen) atoms. The lowest BCUT2D eigenvalue weighted by Gasteiger charge is -2.36. The third-order valence-corrected chi connectivity index (χ3v) is 8.28. The number of aryl methyl sites for hydroxylation is 1. The summed E-state index contributed by atoms with van der Waals surface area (Å²) in [7, 11) is 0. The second kappa shape index (κ2) is 11.2. The highest BCUT2D eigenvalue weighted by molar-refractivity contribution is 7.99. The summed E-state index contributed by atoms with van der Waals surface area (Å²) in [4.78, 5) is 13.2. The number of benzene rings is 2. The van der Waals surface area contributed by atoms with Crippen LogP contribution in [0.2, 0.25) is 0 Å². The molecule has 2 aromatic carbocycles. The molecule has 2 aromatic rings. The van der Waals surface area contributed by atoms with Crippen LogP contribution in [-0.4, -0.2) is 93.4 Å². The topological polar surface area (TPSA) is 22.2 Å². The van der Waals surface area contributed by atoms with Crippen LogP contribution >= 0.6 is 11.8 Å². The fourth-order valence-electron chi connectivity index (χ4n) is 5.21. The Bertz CT molecular complexity index is 909. The number of piperazine rings is 1. The number of fused-ring (bicyclic) bond motifs is 2. The van der Waals surface area contributed by atoms with Gasteiger partial charge in [0.25, 0.3) is 0 Å². The van der Waals surface area contributed by atoms with Gasteiger partial charge in [-0.3, -0.25) is 4.90 Å². The molecule has 0 spiro atoms. The molecule has 0 saturated carbocycles. The van der Waals surface area contributed by atoms with Crippen LogP contribution < -0.4 is 4.90 Å². The van der Waals surface area contributed by atoms with Crippen LogP contribution in [0.1, 0.15) is 18.4 Å². The fourth-order valence-corrected chi connectivity index (χ4v) is 6.29. The molecule has 0 unspecified atom stereocenters. The van der Waals surface area contributed by atoms with Crippen molar-refractivity contribution < 1.29 is 4.74 Å². The van der Waals surface area contributed by atoms with Crippen molar-refractivity contribution in [1.82, 2.24) is 14.7 Å². The Morgan fingerprint density at radius 2 is 1.30 bits per heavy atom. The highest BCUT2D eigenvalue weighted by Crippen LogP contribution is 2.48. The fraction of sp³-hybridized carbons (Fsp3) is 0.556. The Morgan fingerprint density at radius 3 is 2.03 bits per heavy atom. The minimum atomic E-state index is 0.908. The second-order valence-electron chi connectivity index (χ2n) is 9.54. The number of para-hydroxylation sites is 1. The average Bonchev–Trinajstić information content (AvgIpc) is 2.85. The molecule has 2 saturated heterocycles. The van der Waals surface area contributed by atoms with Crippen molar-refractivity contribution in [3.63, 3.8) is 0 Å². The Balaban J connectivity index is 1.08. The standard InChI is InChI=1S/C27H38N4OS/c1-23-8-9-27-25(22-23)31(24-6-2-3-7-26(24)33-27)13-5-12-29-16-14-28(15-17-29)10-4-11-30-18-20-32-21-19-30/h2-3,6-9,22H,4-5,10-21H2,1H3. The Labute approximate surface area is 203 Å². The van der Waals surface area contributed by atoms with E-state index < -0.39 is 0 Å². The zero-order valence-corrected chi connectivity index (χ0v) is 20.9. The maximum atomic E-state index is 5.46. The maximum absolute atomic E-state index is 5.46. The molecule has 3 heterocycles. The summed E-state index contributed by atoms with van der Waals surface area (Å²) >= 11 is 1.91. The zero-order valence-electron chi connectivity index (χ0n) is 20.0. The number of hydrogen-bond donors (Lipinski definition) is 0. The third-order valence-electron chi connectivity index (χ3n) is 7.15. The Kier molecular flexibility index (Phi) is 7.89. The summed E-state index contributed by atoms with van der Waals surface area (Å²) in [6.45, 7) is 15.8. The molecule has 0 bridgehead atoms. The summed E-state index contributed by atoms with van der Waals surface area (Å²) in [5, 5.41) is 0. The number of nitrogens with zero attached hydrogens (tertiary/aromatic N) is 4. The monoisotopic (exact) mass is 466 g/mol. The van der Waals surface area contributed by atoms with Gasteiger partial charge >= 0.3 is 0 Å². The van der Waals surface area contributed by atoms with Gasteiger partial charge in [0, 0.05) is 55.6 Å². The van der Waals surface area contributed by atoms with Crippen molar-refractivity contribution in [3.05, 3.63) is 48.0 Å². The summed E-state index contributed by atoms with van der Waals surface area (Å²) in [5.41, 5.74) is 4.08. The first-order valence-electron chi connectivity index (χ1n) is 12.7. The van der Waals surface area contributed by atoms with E-state index in [1.165, 1.54) is 85.4 Å². The first-order chi connectivity index (χ1) is 16.3. The van der Waals surface area contributed by atoms with Gasteiger partial charge in [0.15, 0.2) is 0 Å². The summed E-state index contributed by atoms with van der Waals surface area (Å²) in [6, 6.07) is 15.7. The van der Waals surface area contributed by atoms with E-state index in [4.69, 9.17) is 4.74 Å². The van der Waals surface area contributed by atoms with Crippen LogP contribution in [0.15, 0.2) is 52.3 Å². The molecule has 6 heteroatoms. The normalized spacial score (nSPS) is 20.0. The first-order valence-corrected chi connectivity index (χ1v) is 13.5. The lowest BCUT2D eigenvalue weighted by molar-refractivity contribution is 0.0351. The van der Waals surface area contributed by atoms with Gasteiger partial charge in [-0.05, 0) is 69.2 Å². The Hall–Kier alpha value is -1.57. The van der Waals surface area contributed by atoms with Gasteiger partial charge in [-0.2, -0.15) is 0 Å². The Morgan fingerprint density at radius 1 is 0.697 bits per heavy atom. The summed E-state index contributed by atoms with van der Waals surface area (Å²) in [6.07, 6.45) is 2.48. The molecule has 0 amide bonds. The van der Waals surface area contributed by atoms with Gasteiger partial charge < -0.3 is 19.4 Å². The molecule has 5 rings (SSSR count). The van der Waals surface area contributed by atoms with Crippen molar-refractivity contribution in [2.75, 3.05) is 83.6 Å². The lowest BCUT2D eigenvalue weighted by Crippen LogP contribution is -2.47. The van der Waals surface area contributed by atoms with Gasteiger partial charge in [0.05, 0.1) is 24.6 Å². The summed E-state index contributed by atoms with van der Waals surface area (Å²) < 4.78 is 5.46. The number of rotatable bonds is 8. The minimum Gasteiger partial charge on any atom is -0.379 e. The predicted molar refractivity (Wildman–Crippen MR) is 138 cm³/mol. The zero-order chi connectivity index (χ0) is 22.5. The van der Waals surface area contributed by atoms with Gasteiger partial charge in [0.2, 0.25) is 0 Å². The van der Waals surface area contributed by atoms with E-state index in [1.54, 1.807) is 0 Å². The van der Waals surface area contributed by atoms with Crippen molar-refractivity contribution in [3.8, 4) is 0 Å². The molecular weight excluding hydrogens is 428 g/mol. The SMILES string of the molecule is Cc1ccc2c(c1)N(CCCN1CCN(CCCN3CCOCC3)CC1)c1ccccc1S2. The largest absolute Gasteiger partial charge is 0.379 e. The van der Waals surface area contributed by atoms with Crippen molar-refractivity contribution in [1.29, 1.82) is 0 Å². The van der Waals surface area contributed by atoms with Gasteiger partial charge in [-0.1, -0.05) is 30.0 Å². The molecule has 0 aromatic heterocycles. The molecule has 3 aliphatic rings. The van der Waals surface area contributed by atoms with E-state index in [1.807, 2.05) is 11.8 Å². The molecule has 3 aliphatic heterocycles. The maximum Gasteiger partial charge on any atom is 0.0594 e. The summed E-state index contributed by atoms with van der Waals surface area (Å²) in [5.74, 6) is 0. The van der Waals surface area contributed by atoms with E-state index in [0.29, 0.717) is 0 Å². The molecule has 0 atom stereocenters. The van der Waals surface area contributed by atoms with E-state index >= 15 is 0 Å². The second-order valence-corrected chi connectivity index (χ2v) is 10.6. The van der Waals surface area contributed by atoms with E-state index in [0.717, 1.165) is 32.8 Å². The molecule has 0 radical (unpaired) electrons. The molecule has 5 nitrogen and oxygen atoms in total. The average molecular weight is 467 g/mol. The van der Waals surface area contributed by atoms with Crippen molar-refractivity contribution in [2.45, 2.75) is 29.6 Å². The van der Waals surface area contributed by atoms with Crippen LogP contribution in [0.4, 0.5) is 11.4 Å². The number of hydrogen-bond acceptors (Lipinski definition) is 6. The van der Waals surface area contributed by atoms with Gasteiger partial charge in [-0.15, -0.1) is 0 Å². The third kappa shape index (κ3) is 5.92. The van der Waals surface area contributed by atoms with E-state index in [2.05, 4.69) is 69.0 Å². The quantitative estimate of drug-likeness (QED) is 0.574. The molecule has 0 aliphatic carbocycles. The van der Waals surface area contributed by atoms with Crippen LogP contribution in [0, 0.1) is 6.92 Å². The molecular formula is C27H38N4OS. The highest BCUT2D eigenvalue weighted by atomic mass is 32.2. The molecule has 2 fully saturated rings. The number of ether oxygens (including phenoxy) is 1. The van der Waals surface area contributed by atoms with Gasteiger partial charge in [0.1, 0.15) is 0 Å². The van der Waals surface area contributed by atoms with E-state index in [-0.39, 0.29) is 0 Å². The number of anilines is 2. The van der Waals surface area contributed by atoms with Crippen molar-refractivity contribution >= 4 is 23.1 Å². The number of morpholine rings is 1. The first kappa shape index (κ1) is 23.2. The highest BCUT2D eigenvalue weighted by Gasteiger charge is 2.23. The lowest BCUT2D eigenvalue weighted by atomic mass is 10.1. The molecule has 178 valence electrons. The van der Waals surface area contributed by atoms with Crippen molar-refractivity contribution in [2.24, 2.45) is 0 Å². The van der Waals surface area contributed by atoms with Crippen LogP contribution in [0.5, 0.6) is 0 Å².